The molecule has 0 aliphatic carbocycles. The van der Waals surface area contributed by atoms with Gasteiger partial charge in [0.2, 0.25) is 0 Å². The second-order valence-corrected chi connectivity index (χ2v) is 9.63. The summed E-state index contributed by atoms with van der Waals surface area (Å²) < 4.78 is 50.6. The zero-order valence-corrected chi connectivity index (χ0v) is 21.7. The van der Waals surface area contributed by atoms with E-state index >= 15 is 0 Å². The van der Waals surface area contributed by atoms with Crippen molar-refractivity contribution in [2.75, 3.05) is 26.2 Å². The SMILES string of the molecule is CC1(O)CCN(Cc2cc(F)cc(F)c2)C1.CC1(O)CCNC1.Cl.Fc1cc(F)cc(CBr)c1. The first-order chi connectivity index (χ1) is 15.4. The monoisotopic (exact) mass is 570 g/mol. The highest BCUT2D eigenvalue weighted by Gasteiger charge is 2.31. The van der Waals surface area contributed by atoms with Crippen molar-refractivity contribution in [1.29, 1.82) is 0 Å². The molecule has 4 nitrogen and oxygen atoms in total. The van der Waals surface area contributed by atoms with Gasteiger partial charge in [0.1, 0.15) is 23.3 Å². The first-order valence-electron chi connectivity index (χ1n) is 10.7. The van der Waals surface area contributed by atoms with Gasteiger partial charge in [-0.3, -0.25) is 4.90 Å². The van der Waals surface area contributed by atoms with Crippen molar-refractivity contribution in [3.8, 4) is 0 Å². The molecule has 2 aliphatic heterocycles. The summed E-state index contributed by atoms with van der Waals surface area (Å²) in [5.74, 6) is -2.18. The van der Waals surface area contributed by atoms with Crippen LogP contribution < -0.4 is 5.32 Å². The molecule has 0 spiro atoms. The lowest BCUT2D eigenvalue weighted by Crippen LogP contribution is -2.29. The molecule has 2 aliphatic rings. The molecule has 2 unspecified atom stereocenters. The average Bonchev–Trinajstić information content (AvgIpc) is 3.24. The third-order valence-electron chi connectivity index (χ3n) is 5.28. The molecule has 0 amide bonds. The molecular formula is C24H32BrClF4N2O2. The van der Waals surface area contributed by atoms with E-state index in [1.165, 1.54) is 24.3 Å². The lowest BCUT2D eigenvalue weighted by atomic mass is 10.1. The lowest BCUT2D eigenvalue weighted by molar-refractivity contribution is 0.0678. The molecule has 2 aromatic carbocycles. The molecule has 2 heterocycles. The van der Waals surface area contributed by atoms with Crippen LogP contribution in [0.4, 0.5) is 17.6 Å². The minimum absolute atomic E-state index is 0. The van der Waals surface area contributed by atoms with Crippen LogP contribution in [0.2, 0.25) is 0 Å². The zero-order chi connectivity index (χ0) is 24.6. The van der Waals surface area contributed by atoms with Gasteiger partial charge in [-0.25, -0.2) is 17.6 Å². The summed E-state index contributed by atoms with van der Waals surface area (Å²) in [6.07, 6.45) is 1.60. The van der Waals surface area contributed by atoms with E-state index in [9.17, 15) is 22.7 Å². The summed E-state index contributed by atoms with van der Waals surface area (Å²) >= 11 is 3.09. The van der Waals surface area contributed by atoms with Gasteiger partial charge < -0.3 is 15.5 Å². The predicted molar refractivity (Wildman–Crippen MR) is 131 cm³/mol. The maximum Gasteiger partial charge on any atom is 0.126 e. The smallest absolute Gasteiger partial charge is 0.126 e. The van der Waals surface area contributed by atoms with E-state index in [0.717, 1.165) is 38.2 Å². The molecule has 4 rings (SSSR count). The quantitative estimate of drug-likeness (QED) is 0.361. The Morgan fingerprint density at radius 1 is 0.853 bits per heavy atom. The summed E-state index contributed by atoms with van der Waals surface area (Å²) in [6.45, 7) is 7.13. The Balaban J connectivity index is 0.000000275. The van der Waals surface area contributed by atoms with Crippen LogP contribution in [0, 0.1) is 23.3 Å². The van der Waals surface area contributed by atoms with E-state index in [1.807, 2.05) is 11.8 Å². The molecule has 0 aromatic heterocycles. The number of hydrogen-bond donors (Lipinski definition) is 3. The van der Waals surface area contributed by atoms with Crippen LogP contribution in [0.3, 0.4) is 0 Å². The van der Waals surface area contributed by atoms with E-state index in [-0.39, 0.29) is 12.4 Å². The van der Waals surface area contributed by atoms with Crippen molar-refractivity contribution >= 4 is 28.3 Å². The van der Waals surface area contributed by atoms with E-state index in [2.05, 4.69) is 21.2 Å². The number of alkyl halides is 1. The second-order valence-electron chi connectivity index (χ2n) is 9.07. The molecule has 192 valence electrons. The Bertz CT molecular complexity index is 870. The Labute approximate surface area is 212 Å². The van der Waals surface area contributed by atoms with Crippen LogP contribution in [0.1, 0.15) is 37.8 Å². The third-order valence-corrected chi connectivity index (χ3v) is 5.93. The van der Waals surface area contributed by atoms with Gasteiger partial charge in [0.25, 0.3) is 0 Å². The summed E-state index contributed by atoms with van der Waals surface area (Å²) in [7, 11) is 0. The topological polar surface area (TPSA) is 55.7 Å². The number of benzene rings is 2. The van der Waals surface area contributed by atoms with Crippen LogP contribution in [0.15, 0.2) is 36.4 Å². The maximum absolute atomic E-state index is 12.9. The molecule has 3 N–H and O–H groups in total. The zero-order valence-electron chi connectivity index (χ0n) is 19.3. The molecule has 2 fully saturated rings. The molecule has 2 saturated heterocycles. The Kier molecular flexibility index (Phi) is 12.5. The van der Waals surface area contributed by atoms with E-state index in [1.54, 1.807) is 6.92 Å². The summed E-state index contributed by atoms with van der Waals surface area (Å²) in [5, 5.41) is 22.4. The normalized spacial score (nSPS) is 23.9. The van der Waals surface area contributed by atoms with Gasteiger partial charge in [0, 0.05) is 43.6 Å². The fourth-order valence-electron chi connectivity index (χ4n) is 3.63. The number of nitrogens with zero attached hydrogens (tertiary/aromatic N) is 1. The highest BCUT2D eigenvalue weighted by Crippen LogP contribution is 2.22. The fourth-order valence-corrected chi connectivity index (χ4v) is 3.95. The maximum atomic E-state index is 12.9. The molecular weight excluding hydrogens is 540 g/mol. The number of nitrogens with one attached hydrogen (secondary N) is 1. The standard InChI is InChI=1S/C12H15F2NO.C7H5BrF2.C5H11NO.ClH/c1-12(16)2-3-15(8-12)7-9-4-10(13)6-11(14)5-9;8-4-5-1-6(9)3-7(10)2-5;1-5(7)2-3-6-4-5;/h4-6,16H,2-3,7-8H2,1H3;1-3H,4H2;6-7H,2-4H2,1H3;1H. The van der Waals surface area contributed by atoms with Gasteiger partial charge in [-0.05, 0) is 68.6 Å². The van der Waals surface area contributed by atoms with Crippen molar-refractivity contribution in [3.63, 3.8) is 0 Å². The Morgan fingerprint density at radius 3 is 1.68 bits per heavy atom. The molecule has 10 heteroatoms. The molecule has 0 bridgehead atoms. The first kappa shape index (κ1) is 30.8. The van der Waals surface area contributed by atoms with Gasteiger partial charge >= 0.3 is 0 Å². The summed E-state index contributed by atoms with van der Waals surface area (Å²) in [4.78, 5) is 1.99. The van der Waals surface area contributed by atoms with Crippen LogP contribution in [-0.4, -0.2) is 52.5 Å². The van der Waals surface area contributed by atoms with Gasteiger partial charge in [-0.1, -0.05) is 15.9 Å². The van der Waals surface area contributed by atoms with Crippen LogP contribution in [0.25, 0.3) is 0 Å². The summed E-state index contributed by atoms with van der Waals surface area (Å²) in [5.41, 5.74) is 0.124. The number of halogens is 6. The van der Waals surface area contributed by atoms with Crippen LogP contribution in [-0.2, 0) is 11.9 Å². The highest BCUT2D eigenvalue weighted by molar-refractivity contribution is 9.08. The molecule has 0 saturated carbocycles. The molecule has 34 heavy (non-hydrogen) atoms. The van der Waals surface area contributed by atoms with Crippen molar-refractivity contribution in [2.24, 2.45) is 0 Å². The van der Waals surface area contributed by atoms with Gasteiger partial charge in [-0.2, -0.15) is 0 Å². The Morgan fingerprint density at radius 2 is 1.35 bits per heavy atom. The van der Waals surface area contributed by atoms with Crippen molar-refractivity contribution in [1.82, 2.24) is 10.2 Å². The van der Waals surface area contributed by atoms with Gasteiger partial charge in [0.05, 0.1) is 11.2 Å². The third kappa shape index (κ3) is 11.5. The summed E-state index contributed by atoms with van der Waals surface area (Å²) in [6, 6.07) is 6.96. The number of rotatable bonds is 3. The minimum Gasteiger partial charge on any atom is -0.389 e. The van der Waals surface area contributed by atoms with Gasteiger partial charge in [0.15, 0.2) is 0 Å². The first-order valence-corrected chi connectivity index (χ1v) is 11.8. The number of likely N-dealkylation sites (tertiary alicyclic amines) is 1. The minimum atomic E-state index is -0.675. The van der Waals surface area contributed by atoms with Gasteiger partial charge in [-0.15, -0.1) is 12.4 Å². The molecule has 0 radical (unpaired) electrons. The second kappa shape index (κ2) is 13.8. The molecule has 2 aromatic rings. The van der Waals surface area contributed by atoms with Crippen LogP contribution in [0.5, 0.6) is 0 Å². The molecule has 2 atom stereocenters. The van der Waals surface area contributed by atoms with Crippen molar-refractivity contribution < 1.29 is 27.8 Å². The number of hydrogen-bond acceptors (Lipinski definition) is 4. The van der Waals surface area contributed by atoms with E-state index in [4.69, 9.17) is 5.11 Å². The average molecular weight is 572 g/mol. The fraction of sp³-hybridized carbons (Fsp3) is 0.500. The predicted octanol–water partition coefficient (Wildman–Crippen LogP) is 4.93. The number of aliphatic hydroxyl groups is 2. The van der Waals surface area contributed by atoms with E-state index in [0.29, 0.717) is 36.0 Å². The van der Waals surface area contributed by atoms with Crippen LogP contribution >= 0.6 is 28.3 Å². The van der Waals surface area contributed by atoms with Crippen molar-refractivity contribution in [3.05, 3.63) is 70.8 Å². The van der Waals surface area contributed by atoms with E-state index < -0.39 is 34.5 Å². The lowest BCUT2D eigenvalue weighted by Gasteiger charge is -2.18. The van der Waals surface area contributed by atoms with Crippen molar-refractivity contribution in [2.45, 2.75) is 49.8 Å². The largest absolute Gasteiger partial charge is 0.389 e. The Hall–Kier alpha value is -1.23. The number of β-amino-alcohol motifs (C(OH)–C–C–N with tert-alkyl or cyclic N) is 2. The highest BCUT2D eigenvalue weighted by atomic mass is 79.9.